The molecule has 0 bridgehead atoms. The third-order valence-electron chi connectivity index (χ3n) is 7.15. The number of phenols is 1. The maximum Gasteiger partial charge on any atom is 0.352 e. The minimum atomic E-state index is -0.862. The molecule has 0 spiro atoms. The van der Waals surface area contributed by atoms with E-state index in [9.17, 15) is 28.7 Å². The minimum absolute atomic E-state index is 0.0464. The normalized spacial score (nSPS) is 20.9. The molecule has 3 aliphatic rings. The molecule has 1 aromatic heterocycles. The van der Waals surface area contributed by atoms with E-state index < -0.39 is 34.9 Å². The number of rotatable bonds is 2. The number of Topliss-reactive ketones (excluding diaryl/α,β-unsaturated/α-hetero) is 1. The number of halogens is 1. The number of nitrogens with zero attached hydrogens (tertiary/aromatic N) is 3. The third-order valence-corrected chi connectivity index (χ3v) is 7.15. The Balaban J connectivity index is 1.60. The van der Waals surface area contributed by atoms with Gasteiger partial charge in [0.15, 0.2) is 23.1 Å². The third kappa shape index (κ3) is 2.98. The molecule has 2 heterocycles. The fourth-order valence-corrected chi connectivity index (χ4v) is 5.51. The first-order chi connectivity index (χ1) is 17.3. The predicted molar refractivity (Wildman–Crippen MR) is 128 cm³/mol. The summed E-state index contributed by atoms with van der Waals surface area (Å²) in [6.45, 7) is 1.62. The highest BCUT2D eigenvalue weighted by Gasteiger charge is 2.45. The fraction of sp³-hybridized carbons (Fsp3) is 0.185. The van der Waals surface area contributed by atoms with Crippen molar-refractivity contribution in [2.24, 2.45) is 0 Å². The Labute approximate surface area is 203 Å². The molecular formula is C27H20FN3O5. The lowest BCUT2D eigenvalue weighted by atomic mass is 9.68. The number of ketones is 2. The van der Waals surface area contributed by atoms with E-state index in [4.69, 9.17) is 0 Å². The van der Waals surface area contributed by atoms with Gasteiger partial charge in [-0.2, -0.15) is 0 Å². The summed E-state index contributed by atoms with van der Waals surface area (Å²) < 4.78 is 18.2. The van der Waals surface area contributed by atoms with Crippen molar-refractivity contribution in [3.05, 3.63) is 115 Å². The van der Waals surface area contributed by atoms with E-state index in [1.165, 1.54) is 27.6 Å². The second kappa shape index (κ2) is 7.74. The minimum Gasteiger partial charge on any atom is -0.505 e. The van der Waals surface area contributed by atoms with Crippen LogP contribution < -0.4 is 11.4 Å². The van der Waals surface area contributed by atoms with Crippen LogP contribution in [0.25, 0.3) is 5.69 Å². The Hall–Kier alpha value is -4.53. The number of phenolic OH excluding ortho intramolecular Hbond substituents is 1. The molecule has 2 aliphatic carbocycles. The molecule has 0 unspecified atom stereocenters. The van der Waals surface area contributed by atoms with E-state index in [2.05, 4.69) is 0 Å². The summed E-state index contributed by atoms with van der Waals surface area (Å²) in [6, 6.07) is 11.6. The molecule has 6 rings (SSSR count). The fourth-order valence-electron chi connectivity index (χ4n) is 5.51. The van der Waals surface area contributed by atoms with Crippen LogP contribution >= 0.6 is 0 Å². The van der Waals surface area contributed by atoms with Gasteiger partial charge in [-0.1, -0.05) is 30.3 Å². The number of aromatic nitrogens is 3. The summed E-state index contributed by atoms with van der Waals surface area (Å²) in [7, 11) is 0. The van der Waals surface area contributed by atoms with Gasteiger partial charge in [0.25, 0.3) is 0 Å². The van der Waals surface area contributed by atoms with Gasteiger partial charge in [0.2, 0.25) is 0 Å². The molecule has 0 amide bonds. The van der Waals surface area contributed by atoms with Crippen molar-refractivity contribution in [3.8, 4) is 11.4 Å². The van der Waals surface area contributed by atoms with E-state index in [0.29, 0.717) is 16.8 Å². The molecule has 1 N–H and O–H groups in total. The second-order valence-electron chi connectivity index (χ2n) is 9.14. The van der Waals surface area contributed by atoms with Gasteiger partial charge in [-0.15, -0.1) is 0 Å². The van der Waals surface area contributed by atoms with Crippen LogP contribution in [0.3, 0.4) is 0 Å². The first-order valence-electron chi connectivity index (χ1n) is 11.5. The van der Waals surface area contributed by atoms with Crippen molar-refractivity contribution < 1.29 is 19.1 Å². The van der Waals surface area contributed by atoms with Crippen molar-refractivity contribution in [1.29, 1.82) is 0 Å². The van der Waals surface area contributed by atoms with E-state index in [-0.39, 0.29) is 41.3 Å². The number of benzene rings is 2. The van der Waals surface area contributed by atoms with Crippen LogP contribution in [0.4, 0.5) is 4.39 Å². The monoisotopic (exact) mass is 485 g/mol. The first kappa shape index (κ1) is 22.0. The SMILES string of the molecule is CC1=CC(=O)C2=C(C1=O)[C@@H](c1ccc(O)c(F)c1)C1=CCn3c(=O)n(-c4ccccc4)c(=O)n3[C@@H]1C2. The predicted octanol–water partition coefficient (Wildman–Crippen LogP) is 2.71. The molecule has 180 valence electrons. The van der Waals surface area contributed by atoms with Gasteiger partial charge < -0.3 is 5.11 Å². The van der Waals surface area contributed by atoms with E-state index in [1.807, 2.05) is 0 Å². The Morgan fingerprint density at radius 2 is 1.75 bits per heavy atom. The lowest BCUT2D eigenvalue weighted by Crippen LogP contribution is -2.40. The zero-order valence-corrected chi connectivity index (χ0v) is 19.1. The molecule has 1 aliphatic heterocycles. The van der Waals surface area contributed by atoms with Crippen molar-refractivity contribution >= 4 is 11.6 Å². The number of para-hydroxylation sites is 1. The maximum atomic E-state index is 14.4. The number of fused-ring (bicyclic) bond motifs is 3. The van der Waals surface area contributed by atoms with Crippen molar-refractivity contribution in [2.45, 2.75) is 31.8 Å². The molecule has 3 aromatic rings. The quantitative estimate of drug-likeness (QED) is 0.444. The standard InChI is InChI=1S/C27H20FN3O5/c1-14-11-22(33)18-13-20-17(23(24(18)25(14)34)15-7-8-21(32)19(28)12-15)9-10-29-26(35)30(27(36)31(20)29)16-5-3-2-4-6-16/h2-9,11-12,20,23,32H,10,13H2,1H3/t20-,23+/m1/s1. The molecule has 0 fully saturated rings. The molecule has 36 heavy (non-hydrogen) atoms. The van der Waals surface area contributed by atoms with Gasteiger partial charge in [-0.05, 0) is 48.4 Å². The maximum absolute atomic E-state index is 14.4. The second-order valence-corrected chi connectivity index (χ2v) is 9.14. The number of hydrogen-bond donors (Lipinski definition) is 1. The Morgan fingerprint density at radius 3 is 2.47 bits per heavy atom. The molecule has 0 saturated heterocycles. The highest BCUT2D eigenvalue weighted by Crippen LogP contribution is 2.50. The largest absolute Gasteiger partial charge is 0.505 e. The molecule has 0 saturated carbocycles. The molecular weight excluding hydrogens is 465 g/mol. The van der Waals surface area contributed by atoms with Crippen molar-refractivity contribution in [3.63, 3.8) is 0 Å². The first-order valence-corrected chi connectivity index (χ1v) is 11.5. The van der Waals surface area contributed by atoms with Gasteiger partial charge in [-0.25, -0.2) is 27.9 Å². The topological polar surface area (TPSA) is 103 Å². The average Bonchev–Trinajstić information content (AvgIpc) is 3.13. The van der Waals surface area contributed by atoms with Crippen LogP contribution in [0.2, 0.25) is 0 Å². The highest BCUT2D eigenvalue weighted by atomic mass is 19.1. The van der Waals surface area contributed by atoms with Crippen LogP contribution in [0.15, 0.2) is 92.6 Å². The van der Waals surface area contributed by atoms with Crippen LogP contribution in [0.1, 0.15) is 30.9 Å². The number of aromatic hydroxyl groups is 1. The number of carbonyl (C=O) groups excluding carboxylic acids is 2. The Morgan fingerprint density at radius 1 is 1.00 bits per heavy atom. The van der Waals surface area contributed by atoms with Crippen molar-refractivity contribution in [1.82, 2.24) is 13.9 Å². The highest BCUT2D eigenvalue weighted by molar-refractivity contribution is 6.23. The number of allylic oxidation sites excluding steroid dienone is 6. The summed E-state index contributed by atoms with van der Waals surface area (Å²) >= 11 is 0. The van der Waals surface area contributed by atoms with Crippen LogP contribution in [-0.2, 0) is 16.1 Å². The summed E-state index contributed by atoms with van der Waals surface area (Å²) in [6.07, 6.45) is 3.09. The van der Waals surface area contributed by atoms with Gasteiger partial charge >= 0.3 is 11.4 Å². The van der Waals surface area contributed by atoms with Crippen LogP contribution in [0, 0.1) is 5.82 Å². The van der Waals surface area contributed by atoms with Crippen LogP contribution in [-0.4, -0.2) is 30.6 Å². The summed E-state index contributed by atoms with van der Waals surface area (Å²) in [4.78, 5) is 53.2. The van der Waals surface area contributed by atoms with Gasteiger partial charge in [0, 0.05) is 29.1 Å². The molecule has 2 aromatic carbocycles. The summed E-state index contributed by atoms with van der Waals surface area (Å²) in [5.74, 6) is -2.88. The summed E-state index contributed by atoms with van der Waals surface area (Å²) in [5, 5.41) is 9.73. The molecule has 9 heteroatoms. The Kier molecular flexibility index (Phi) is 4.72. The zero-order chi connectivity index (χ0) is 25.3. The average molecular weight is 485 g/mol. The zero-order valence-electron chi connectivity index (χ0n) is 19.1. The van der Waals surface area contributed by atoms with Crippen molar-refractivity contribution in [2.75, 3.05) is 0 Å². The number of carbonyl (C=O) groups is 2. The van der Waals surface area contributed by atoms with Gasteiger partial charge in [0.05, 0.1) is 18.3 Å². The lowest BCUT2D eigenvalue weighted by Gasteiger charge is -2.39. The number of hydrogen-bond acceptors (Lipinski definition) is 5. The summed E-state index contributed by atoms with van der Waals surface area (Å²) in [5.41, 5.74) is 1.10. The van der Waals surface area contributed by atoms with Gasteiger partial charge in [-0.3, -0.25) is 9.59 Å². The molecule has 2 atom stereocenters. The van der Waals surface area contributed by atoms with E-state index in [1.54, 1.807) is 43.3 Å². The van der Waals surface area contributed by atoms with E-state index >= 15 is 0 Å². The smallest absolute Gasteiger partial charge is 0.352 e. The van der Waals surface area contributed by atoms with Crippen LogP contribution in [0.5, 0.6) is 5.75 Å². The molecule has 8 nitrogen and oxygen atoms in total. The van der Waals surface area contributed by atoms with E-state index in [0.717, 1.165) is 10.6 Å². The lowest BCUT2D eigenvalue weighted by molar-refractivity contribution is -0.116. The molecule has 0 radical (unpaired) electrons. The van der Waals surface area contributed by atoms with Gasteiger partial charge in [0.1, 0.15) is 0 Å². The Bertz CT molecular complexity index is 1700.